The first-order chi connectivity index (χ1) is 3.43. The molecule has 1 heteroatoms. The molecule has 1 unspecified atom stereocenters. The molecule has 40 valence electrons. The van der Waals surface area contributed by atoms with Crippen LogP contribution in [-0.4, -0.2) is 12.6 Å². The molecular formula is C6H11N. The van der Waals surface area contributed by atoms with Crippen LogP contribution in [-0.2, 0) is 0 Å². The average molecular weight is 97.2 g/mol. The maximum Gasteiger partial charge on any atom is 0.0262 e. The highest BCUT2D eigenvalue weighted by atomic mass is 15.0. The zero-order valence-corrected chi connectivity index (χ0v) is 4.65. The van der Waals surface area contributed by atoms with Gasteiger partial charge in [-0.2, -0.15) is 0 Å². The molecule has 0 aromatic rings. The van der Waals surface area contributed by atoms with Gasteiger partial charge in [-0.25, -0.2) is 0 Å². The summed E-state index contributed by atoms with van der Waals surface area (Å²) in [5.74, 6) is 0. The van der Waals surface area contributed by atoms with E-state index in [-0.39, 0.29) is 0 Å². The fourth-order valence-electron chi connectivity index (χ4n) is 0.708. The first-order valence-corrected chi connectivity index (χ1v) is 2.79. The average Bonchev–Trinajstić information content (AvgIpc) is 1.55. The van der Waals surface area contributed by atoms with E-state index < -0.39 is 0 Å². The van der Waals surface area contributed by atoms with Gasteiger partial charge in [0.1, 0.15) is 0 Å². The predicted molar refractivity (Wildman–Crippen MR) is 31.2 cm³/mol. The first kappa shape index (κ1) is 4.85. The molecule has 0 aliphatic carbocycles. The van der Waals surface area contributed by atoms with E-state index in [9.17, 15) is 0 Å². The number of hydrogen-bond donors (Lipinski definition) is 1. The van der Waals surface area contributed by atoms with Crippen LogP contribution in [0, 0.1) is 0 Å². The fourth-order valence-corrected chi connectivity index (χ4v) is 0.708. The number of rotatable bonds is 1. The van der Waals surface area contributed by atoms with E-state index >= 15 is 0 Å². The standard InChI is InChI=1S/C6H11N/c1-2-3-6-4-5-7-6/h2-3,6-7H,4-5H2,1H3/b3-2-. The molecule has 1 saturated heterocycles. The Balaban J connectivity index is 2.14. The normalized spacial score (nSPS) is 30.7. The van der Waals surface area contributed by atoms with Gasteiger partial charge in [-0.3, -0.25) is 0 Å². The Bertz CT molecular complexity index is 72.2. The van der Waals surface area contributed by atoms with Crippen molar-refractivity contribution in [2.75, 3.05) is 6.54 Å². The van der Waals surface area contributed by atoms with Gasteiger partial charge >= 0.3 is 0 Å². The summed E-state index contributed by atoms with van der Waals surface area (Å²) in [4.78, 5) is 0. The van der Waals surface area contributed by atoms with Crippen LogP contribution in [0.3, 0.4) is 0 Å². The van der Waals surface area contributed by atoms with E-state index in [0.29, 0.717) is 6.04 Å². The van der Waals surface area contributed by atoms with E-state index in [4.69, 9.17) is 0 Å². The van der Waals surface area contributed by atoms with Crippen molar-refractivity contribution < 1.29 is 0 Å². The molecule has 1 fully saturated rings. The highest BCUT2D eigenvalue weighted by Gasteiger charge is 2.10. The maximum absolute atomic E-state index is 3.26. The molecule has 0 amide bonds. The van der Waals surface area contributed by atoms with E-state index in [0.717, 1.165) is 0 Å². The largest absolute Gasteiger partial charge is 0.310 e. The van der Waals surface area contributed by atoms with Crippen LogP contribution in [0.15, 0.2) is 12.2 Å². The van der Waals surface area contributed by atoms with Crippen LogP contribution in [0.5, 0.6) is 0 Å². The van der Waals surface area contributed by atoms with Gasteiger partial charge in [0.2, 0.25) is 0 Å². The summed E-state index contributed by atoms with van der Waals surface area (Å²) in [5, 5.41) is 3.26. The van der Waals surface area contributed by atoms with Crippen molar-refractivity contribution in [2.24, 2.45) is 0 Å². The predicted octanol–water partition coefficient (Wildman–Crippen LogP) is 0.924. The minimum atomic E-state index is 0.699. The molecule has 1 heterocycles. The lowest BCUT2D eigenvalue weighted by molar-refractivity contribution is 0.436. The third-order valence-corrected chi connectivity index (χ3v) is 1.29. The second kappa shape index (κ2) is 2.12. The van der Waals surface area contributed by atoms with Crippen LogP contribution < -0.4 is 5.32 Å². The van der Waals surface area contributed by atoms with E-state index in [2.05, 4.69) is 24.4 Å². The van der Waals surface area contributed by atoms with Crippen molar-refractivity contribution in [2.45, 2.75) is 19.4 Å². The minimum absolute atomic E-state index is 0.699. The summed E-state index contributed by atoms with van der Waals surface area (Å²) in [5.41, 5.74) is 0. The van der Waals surface area contributed by atoms with Crippen molar-refractivity contribution in [3.8, 4) is 0 Å². The first-order valence-electron chi connectivity index (χ1n) is 2.79. The lowest BCUT2D eigenvalue weighted by atomic mass is 10.1. The fraction of sp³-hybridized carbons (Fsp3) is 0.667. The molecule has 1 aliphatic heterocycles. The summed E-state index contributed by atoms with van der Waals surface area (Å²) in [6.07, 6.45) is 5.62. The van der Waals surface area contributed by atoms with E-state index in [1.165, 1.54) is 13.0 Å². The Morgan fingerprint density at radius 1 is 1.71 bits per heavy atom. The van der Waals surface area contributed by atoms with Gasteiger partial charge in [0.15, 0.2) is 0 Å². The van der Waals surface area contributed by atoms with Crippen molar-refractivity contribution in [1.29, 1.82) is 0 Å². The summed E-state index contributed by atoms with van der Waals surface area (Å²) in [6.45, 7) is 3.26. The summed E-state index contributed by atoms with van der Waals surface area (Å²) in [6, 6.07) is 0.699. The number of hydrogen-bond acceptors (Lipinski definition) is 1. The van der Waals surface area contributed by atoms with Crippen LogP contribution in [0.1, 0.15) is 13.3 Å². The van der Waals surface area contributed by atoms with Crippen LogP contribution in [0.4, 0.5) is 0 Å². The highest BCUT2D eigenvalue weighted by Crippen LogP contribution is 2.01. The van der Waals surface area contributed by atoms with Crippen LogP contribution in [0.2, 0.25) is 0 Å². The van der Waals surface area contributed by atoms with Crippen molar-refractivity contribution in [3.05, 3.63) is 12.2 Å². The lowest BCUT2D eigenvalue weighted by Gasteiger charge is -2.23. The summed E-state index contributed by atoms with van der Waals surface area (Å²) in [7, 11) is 0. The second-order valence-electron chi connectivity index (χ2n) is 1.88. The van der Waals surface area contributed by atoms with Gasteiger partial charge in [0.25, 0.3) is 0 Å². The summed E-state index contributed by atoms with van der Waals surface area (Å²) >= 11 is 0. The number of allylic oxidation sites excluding steroid dienone is 1. The second-order valence-corrected chi connectivity index (χ2v) is 1.88. The topological polar surface area (TPSA) is 12.0 Å². The molecular weight excluding hydrogens is 86.1 g/mol. The van der Waals surface area contributed by atoms with Gasteiger partial charge in [-0.05, 0) is 19.9 Å². The molecule has 1 rings (SSSR count). The lowest BCUT2D eigenvalue weighted by Crippen LogP contribution is -2.40. The molecule has 7 heavy (non-hydrogen) atoms. The van der Waals surface area contributed by atoms with Crippen molar-refractivity contribution in [1.82, 2.24) is 5.32 Å². The zero-order valence-electron chi connectivity index (χ0n) is 4.65. The third kappa shape index (κ3) is 1.03. The molecule has 0 radical (unpaired) electrons. The number of nitrogens with one attached hydrogen (secondary N) is 1. The molecule has 0 spiro atoms. The summed E-state index contributed by atoms with van der Waals surface area (Å²) < 4.78 is 0. The maximum atomic E-state index is 3.26. The van der Waals surface area contributed by atoms with Crippen molar-refractivity contribution in [3.63, 3.8) is 0 Å². The Kier molecular flexibility index (Phi) is 1.47. The van der Waals surface area contributed by atoms with Gasteiger partial charge in [-0.1, -0.05) is 12.2 Å². The van der Waals surface area contributed by atoms with Crippen LogP contribution in [0.25, 0.3) is 0 Å². The molecule has 1 N–H and O–H groups in total. The smallest absolute Gasteiger partial charge is 0.0262 e. The Morgan fingerprint density at radius 2 is 2.43 bits per heavy atom. The Labute approximate surface area is 44.4 Å². The molecule has 0 aromatic carbocycles. The van der Waals surface area contributed by atoms with E-state index in [1.54, 1.807) is 0 Å². The van der Waals surface area contributed by atoms with E-state index in [1.807, 2.05) is 0 Å². The van der Waals surface area contributed by atoms with Gasteiger partial charge in [-0.15, -0.1) is 0 Å². The molecule has 1 aliphatic rings. The molecule has 0 saturated carbocycles. The minimum Gasteiger partial charge on any atom is -0.310 e. The third-order valence-electron chi connectivity index (χ3n) is 1.29. The molecule has 0 aromatic heterocycles. The molecule has 1 nitrogen and oxygen atoms in total. The molecule has 1 atom stereocenters. The van der Waals surface area contributed by atoms with Gasteiger partial charge < -0.3 is 5.32 Å². The van der Waals surface area contributed by atoms with Gasteiger partial charge in [0.05, 0.1) is 0 Å². The quantitative estimate of drug-likeness (QED) is 0.480. The SMILES string of the molecule is C/C=C\C1CCN1. The van der Waals surface area contributed by atoms with Crippen molar-refractivity contribution >= 4 is 0 Å². The monoisotopic (exact) mass is 97.1 g/mol. The van der Waals surface area contributed by atoms with Gasteiger partial charge in [0, 0.05) is 6.04 Å². The molecule has 0 bridgehead atoms. The highest BCUT2D eigenvalue weighted by molar-refractivity contribution is 4.96. The Morgan fingerprint density at radius 3 is 2.57 bits per heavy atom. The van der Waals surface area contributed by atoms with Crippen LogP contribution >= 0.6 is 0 Å². The Hall–Kier alpha value is -0.300. The zero-order chi connectivity index (χ0) is 5.11.